The average Bonchev–Trinajstić information content (AvgIpc) is 2.45. The van der Waals surface area contributed by atoms with Crippen LogP contribution >= 0.6 is 11.8 Å². The molecular weight excluding hydrogens is 286 g/mol. The molecule has 108 valence electrons. The fourth-order valence-electron chi connectivity index (χ4n) is 1.65. The zero-order valence-electron chi connectivity index (χ0n) is 11.3. The highest BCUT2D eigenvalue weighted by molar-refractivity contribution is 7.98. The molecule has 0 saturated carbocycles. The Labute approximate surface area is 126 Å². The summed E-state index contributed by atoms with van der Waals surface area (Å²) in [6.07, 6.45) is 0.450. The van der Waals surface area contributed by atoms with E-state index < -0.39 is 0 Å². The molecule has 0 amide bonds. The van der Waals surface area contributed by atoms with Crippen LogP contribution in [0.5, 0.6) is 0 Å². The van der Waals surface area contributed by atoms with E-state index in [1.165, 1.54) is 17.8 Å². The summed E-state index contributed by atoms with van der Waals surface area (Å²) in [6.45, 7) is 0.0539. The quantitative estimate of drug-likeness (QED) is 0.451. The number of benzene rings is 1. The van der Waals surface area contributed by atoms with E-state index in [4.69, 9.17) is 10.8 Å². The maximum absolute atomic E-state index is 11.3. The van der Waals surface area contributed by atoms with Gasteiger partial charge in [0, 0.05) is 23.8 Å². The van der Waals surface area contributed by atoms with Crippen molar-refractivity contribution in [1.82, 2.24) is 9.97 Å². The van der Waals surface area contributed by atoms with Crippen LogP contribution in [0.4, 0.5) is 5.82 Å². The van der Waals surface area contributed by atoms with Crippen LogP contribution in [0.3, 0.4) is 0 Å². The smallest absolute Gasteiger partial charge is 0.253 e. The molecule has 0 aliphatic heterocycles. The Morgan fingerprint density at radius 1 is 1.38 bits per heavy atom. The van der Waals surface area contributed by atoms with Crippen LogP contribution in [0.15, 0.2) is 40.3 Å². The van der Waals surface area contributed by atoms with Crippen LogP contribution in [0.2, 0.25) is 0 Å². The first-order chi connectivity index (χ1) is 10.2. The first-order valence-corrected chi connectivity index (χ1v) is 7.35. The highest BCUT2D eigenvalue weighted by Crippen LogP contribution is 2.21. The predicted octanol–water partition coefficient (Wildman–Crippen LogP) is 1.38. The number of aromatic amines is 1. The number of aliphatic hydroxyl groups excluding tert-OH is 1. The van der Waals surface area contributed by atoms with Crippen molar-refractivity contribution in [2.45, 2.75) is 17.3 Å². The zero-order chi connectivity index (χ0) is 15.1. The lowest BCUT2D eigenvalue weighted by atomic mass is 10.1. The number of aromatic nitrogens is 2. The molecule has 4 N–H and O–H groups in total. The molecule has 0 radical (unpaired) electrons. The van der Waals surface area contributed by atoms with Gasteiger partial charge in [0.25, 0.3) is 5.56 Å². The van der Waals surface area contributed by atoms with Crippen molar-refractivity contribution < 1.29 is 5.11 Å². The van der Waals surface area contributed by atoms with Gasteiger partial charge in [0.1, 0.15) is 5.82 Å². The average molecular weight is 301 g/mol. The number of nitrogens with zero attached hydrogens (tertiary/aromatic N) is 1. The minimum Gasteiger partial charge on any atom is -0.395 e. The van der Waals surface area contributed by atoms with Crippen LogP contribution < -0.4 is 11.3 Å². The normalized spacial score (nSPS) is 9.95. The molecule has 1 aromatic carbocycles. The van der Waals surface area contributed by atoms with Crippen LogP contribution in [0.1, 0.15) is 17.5 Å². The lowest BCUT2D eigenvalue weighted by molar-refractivity contribution is 0.305. The maximum Gasteiger partial charge on any atom is 0.253 e. The summed E-state index contributed by atoms with van der Waals surface area (Å²) in [5.74, 6) is 6.77. The minimum atomic E-state index is -0.263. The third kappa shape index (κ3) is 4.67. The van der Waals surface area contributed by atoms with Crippen LogP contribution in [0, 0.1) is 11.8 Å². The molecule has 0 fully saturated rings. The standard InChI is InChI=1S/C15H15N3O2S/c16-13-9-14(20)18-15(17-13)21-10-12-7-2-1-5-11(12)6-3-4-8-19/h1-2,5,7,9,19H,4,8,10H2,(H3,16,17,18,20). The molecule has 0 saturated heterocycles. The number of hydrogen-bond acceptors (Lipinski definition) is 5. The second kappa shape index (κ2) is 7.53. The van der Waals surface area contributed by atoms with Gasteiger partial charge in [0.2, 0.25) is 0 Å². The summed E-state index contributed by atoms with van der Waals surface area (Å²) in [6, 6.07) is 8.99. The van der Waals surface area contributed by atoms with Gasteiger partial charge in [0.15, 0.2) is 5.16 Å². The molecule has 0 atom stereocenters. The van der Waals surface area contributed by atoms with Gasteiger partial charge in [-0.1, -0.05) is 41.8 Å². The van der Waals surface area contributed by atoms with E-state index in [0.29, 0.717) is 17.3 Å². The first kappa shape index (κ1) is 15.2. The van der Waals surface area contributed by atoms with Crippen molar-refractivity contribution in [3.8, 4) is 11.8 Å². The molecule has 0 aliphatic rings. The zero-order valence-corrected chi connectivity index (χ0v) is 12.1. The number of hydrogen-bond donors (Lipinski definition) is 3. The third-order valence-electron chi connectivity index (χ3n) is 2.58. The summed E-state index contributed by atoms with van der Waals surface area (Å²) < 4.78 is 0. The van der Waals surface area contributed by atoms with E-state index in [0.717, 1.165) is 11.1 Å². The van der Waals surface area contributed by atoms with Crippen molar-refractivity contribution >= 4 is 17.6 Å². The molecule has 6 heteroatoms. The molecule has 0 unspecified atom stereocenters. The highest BCUT2D eigenvalue weighted by Gasteiger charge is 2.03. The Morgan fingerprint density at radius 2 is 2.19 bits per heavy atom. The fourth-order valence-corrected chi connectivity index (χ4v) is 2.54. The fraction of sp³-hybridized carbons (Fsp3) is 0.200. The molecule has 2 rings (SSSR count). The number of anilines is 1. The van der Waals surface area contributed by atoms with Gasteiger partial charge < -0.3 is 15.8 Å². The lowest BCUT2D eigenvalue weighted by Crippen LogP contribution is -2.09. The Kier molecular flexibility index (Phi) is 5.43. The Morgan fingerprint density at radius 3 is 2.95 bits per heavy atom. The first-order valence-electron chi connectivity index (χ1n) is 6.36. The molecule has 21 heavy (non-hydrogen) atoms. The molecule has 5 nitrogen and oxygen atoms in total. The summed E-state index contributed by atoms with van der Waals surface area (Å²) >= 11 is 1.39. The summed E-state index contributed by atoms with van der Waals surface area (Å²) in [4.78, 5) is 18.0. The lowest BCUT2D eigenvalue weighted by Gasteiger charge is -2.04. The van der Waals surface area contributed by atoms with Crippen molar-refractivity contribution in [1.29, 1.82) is 0 Å². The van der Waals surface area contributed by atoms with Crippen molar-refractivity contribution in [2.75, 3.05) is 12.3 Å². The number of nitrogens with two attached hydrogens (primary N) is 1. The van der Waals surface area contributed by atoms with Gasteiger partial charge >= 0.3 is 0 Å². The van der Waals surface area contributed by atoms with Gasteiger partial charge in [-0.2, -0.15) is 0 Å². The maximum atomic E-state index is 11.3. The van der Waals surface area contributed by atoms with Gasteiger partial charge in [-0.05, 0) is 11.6 Å². The third-order valence-corrected chi connectivity index (χ3v) is 3.50. The second-order valence-electron chi connectivity index (χ2n) is 4.20. The van der Waals surface area contributed by atoms with E-state index >= 15 is 0 Å². The monoisotopic (exact) mass is 301 g/mol. The SMILES string of the molecule is Nc1cc(=O)[nH]c(SCc2ccccc2C#CCCO)n1. The molecule has 0 spiro atoms. The second-order valence-corrected chi connectivity index (χ2v) is 5.16. The molecule has 0 bridgehead atoms. The Bertz CT molecular complexity index is 731. The van der Waals surface area contributed by atoms with Crippen molar-refractivity contribution in [3.63, 3.8) is 0 Å². The molecular formula is C15H15N3O2S. The van der Waals surface area contributed by atoms with E-state index in [1.54, 1.807) is 0 Å². The van der Waals surface area contributed by atoms with Crippen molar-refractivity contribution in [2.24, 2.45) is 0 Å². The van der Waals surface area contributed by atoms with Gasteiger partial charge in [-0.3, -0.25) is 4.79 Å². The predicted molar refractivity (Wildman–Crippen MR) is 83.9 cm³/mol. The number of aliphatic hydroxyl groups is 1. The molecule has 0 aliphatic carbocycles. The van der Waals surface area contributed by atoms with Gasteiger partial charge in [-0.25, -0.2) is 4.98 Å². The number of thioether (sulfide) groups is 1. The summed E-state index contributed by atoms with van der Waals surface area (Å²) in [5.41, 5.74) is 7.23. The minimum absolute atomic E-state index is 0.0539. The highest BCUT2D eigenvalue weighted by atomic mass is 32.2. The molecule has 1 aromatic heterocycles. The van der Waals surface area contributed by atoms with Gasteiger partial charge in [-0.15, -0.1) is 0 Å². The van der Waals surface area contributed by atoms with Crippen molar-refractivity contribution in [3.05, 3.63) is 51.8 Å². The van der Waals surface area contributed by atoms with Crippen LogP contribution in [-0.2, 0) is 5.75 Å². The summed E-state index contributed by atoms with van der Waals surface area (Å²) in [7, 11) is 0. The molecule has 1 heterocycles. The number of nitrogen functional groups attached to an aromatic ring is 1. The van der Waals surface area contributed by atoms with E-state index in [9.17, 15) is 4.79 Å². The Balaban J connectivity index is 2.13. The molecule has 2 aromatic rings. The van der Waals surface area contributed by atoms with Crippen LogP contribution in [0.25, 0.3) is 0 Å². The summed E-state index contributed by atoms with van der Waals surface area (Å²) in [5, 5.41) is 9.24. The topological polar surface area (TPSA) is 92.0 Å². The van der Waals surface area contributed by atoms with E-state index in [-0.39, 0.29) is 18.0 Å². The number of rotatable bonds is 4. The van der Waals surface area contributed by atoms with E-state index in [1.807, 2.05) is 24.3 Å². The number of nitrogens with one attached hydrogen (secondary N) is 1. The van der Waals surface area contributed by atoms with Crippen LogP contribution in [-0.4, -0.2) is 21.7 Å². The van der Waals surface area contributed by atoms with E-state index in [2.05, 4.69) is 21.8 Å². The number of H-pyrrole nitrogens is 1. The largest absolute Gasteiger partial charge is 0.395 e. The Hall–Kier alpha value is -2.23. The van der Waals surface area contributed by atoms with Gasteiger partial charge in [0.05, 0.1) is 6.61 Å².